The van der Waals surface area contributed by atoms with Crippen LogP contribution in [0.3, 0.4) is 0 Å². The van der Waals surface area contributed by atoms with E-state index in [9.17, 15) is 0 Å². The van der Waals surface area contributed by atoms with Crippen LogP contribution in [0.4, 0.5) is 17.1 Å². The summed E-state index contributed by atoms with van der Waals surface area (Å²) < 4.78 is 0. The van der Waals surface area contributed by atoms with Gasteiger partial charge in [-0.05, 0) is 114 Å². The molecule has 0 amide bonds. The van der Waals surface area contributed by atoms with Gasteiger partial charge in [0.25, 0.3) is 0 Å². The van der Waals surface area contributed by atoms with Crippen molar-refractivity contribution in [3.05, 3.63) is 211 Å². The van der Waals surface area contributed by atoms with E-state index < -0.39 is 0 Å². The van der Waals surface area contributed by atoms with Crippen LogP contribution in [0.1, 0.15) is 25.0 Å². The average molecular weight is 690 g/mol. The van der Waals surface area contributed by atoms with Gasteiger partial charge in [-0.2, -0.15) is 0 Å². The molecule has 0 N–H and O–H groups in total. The van der Waals surface area contributed by atoms with Gasteiger partial charge in [0.2, 0.25) is 0 Å². The van der Waals surface area contributed by atoms with Crippen LogP contribution >= 0.6 is 0 Å². The van der Waals surface area contributed by atoms with Gasteiger partial charge in [-0.25, -0.2) is 0 Å². The highest BCUT2D eigenvalue weighted by Crippen LogP contribution is 2.51. The summed E-state index contributed by atoms with van der Waals surface area (Å²) in [5.41, 5.74) is 15.8. The Morgan fingerprint density at radius 1 is 0.315 bits per heavy atom. The number of hydrogen-bond acceptors (Lipinski definition) is 1. The van der Waals surface area contributed by atoms with E-state index in [2.05, 4.69) is 219 Å². The van der Waals surface area contributed by atoms with E-state index in [4.69, 9.17) is 0 Å². The Labute approximate surface area is 317 Å². The van der Waals surface area contributed by atoms with E-state index in [1.807, 2.05) is 0 Å². The second-order valence-electron chi connectivity index (χ2n) is 15.0. The minimum Gasteiger partial charge on any atom is -0.310 e. The second kappa shape index (κ2) is 12.8. The molecule has 9 aromatic rings. The van der Waals surface area contributed by atoms with Gasteiger partial charge in [0.1, 0.15) is 0 Å². The van der Waals surface area contributed by atoms with Crippen molar-refractivity contribution < 1.29 is 0 Å². The molecular formula is C53H39N. The zero-order valence-corrected chi connectivity index (χ0v) is 30.5. The van der Waals surface area contributed by atoms with E-state index in [-0.39, 0.29) is 5.41 Å². The van der Waals surface area contributed by atoms with Crippen LogP contribution in [0.5, 0.6) is 0 Å². The summed E-state index contributed by atoms with van der Waals surface area (Å²) in [6.45, 7) is 4.72. The van der Waals surface area contributed by atoms with Gasteiger partial charge >= 0.3 is 0 Å². The van der Waals surface area contributed by atoms with Crippen molar-refractivity contribution in [1.29, 1.82) is 0 Å². The molecule has 0 aromatic heterocycles. The van der Waals surface area contributed by atoms with E-state index in [1.165, 1.54) is 77.2 Å². The summed E-state index contributed by atoms with van der Waals surface area (Å²) in [5, 5.41) is 4.96. The lowest BCUT2D eigenvalue weighted by Gasteiger charge is -2.30. The zero-order valence-electron chi connectivity index (χ0n) is 30.5. The summed E-state index contributed by atoms with van der Waals surface area (Å²) in [7, 11) is 0. The largest absolute Gasteiger partial charge is 0.310 e. The lowest BCUT2D eigenvalue weighted by atomic mass is 9.82. The maximum absolute atomic E-state index is 2.48. The number of rotatable bonds is 6. The first kappa shape index (κ1) is 32.0. The van der Waals surface area contributed by atoms with E-state index >= 15 is 0 Å². The topological polar surface area (TPSA) is 3.24 Å². The van der Waals surface area contributed by atoms with E-state index in [0.29, 0.717) is 0 Å². The van der Waals surface area contributed by atoms with Crippen LogP contribution in [-0.2, 0) is 5.41 Å². The molecule has 0 saturated carbocycles. The van der Waals surface area contributed by atoms with Crippen LogP contribution in [0, 0.1) is 0 Å². The van der Waals surface area contributed by atoms with Crippen molar-refractivity contribution in [2.45, 2.75) is 19.3 Å². The lowest BCUT2D eigenvalue weighted by molar-refractivity contribution is 0.660. The molecule has 1 aliphatic carbocycles. The maximum atomic E-state index is 2.48. The molecule has 1 heteroatoms. The molecule has 0 atom stereocenters. The summed E-state index contributed by atoms with van der Waals surface area (Å²) in [6.07, 6.45) is 0. The zero-order chi connectivity index (χ0) is 36.2. The highest BCUT2D eigenvalue weighted by molar-refractivity contribution is 5.96. The first-order chi connectivity index (χ1) is 26.5. The number of hydrogen-bond donors (Lipinski definition) is 0. The molecule has 0 unspecified atom stereocenters. The molecule has 0 fully saturated rings. The first-order valence-corrected chi connectivity index (χ1v) is 18.8. The second-order valence-corrected chi connectivity index (χ2v) is 15.0. The molecule has 0 heterocycles. The van der Waals surface area contributed by atoms with Gasteiger partial charge in [-0.1, -0.05) is 172 Å². The normalized spacial score (nSPS) is 12.8. The number of fused-ring (bicyclic) bond motifs is 5. The predicted octanol–water partition coefficient (Wildman–Crippen LogP) is 14.8. The molecule has 0 aliphatic heterocycles. The van der Waals surface area contributed by atoms with Gasteiger partial charge in [0.15, 0.2) is 0 Å². The van der Waals surface area contributed by atoms with Crippen LogP contribution < -0.4 is 4.90 Å². The number of benzene rings is 9. The Kier molecular flexibility index (Phi) is 7.56. The van der Waals surface area contributed by atoms with Crippen molar-refractivity contribution in [3.8, 4) is 44.5 Å². The predicted molar refractivity (Wildman–Crippen MR) is 230 cm³/mol. The third-order valence-corrected chi connectivity index (χ3v) is 11.4. The Morgan fingerprint density at radius 3 is 1.56 bits per heavy atom. The third kappa shape index (κ3) is 5.40. The standard InChI is InChI=1S/C53H39N/c1-53(2)50-19-11-10-18-48(50)49-31-29-46(35-51(49)53)54(45-27-24-39(25-28-45)36-12-4-3-5-13-36)52-34-43(42-22-20-37-14-6-8-16-40(37)32-42)26-30-47(52)44-23-21-38-15-7-9-17-41(38)33-44/h3-35H,1-2H3. The molecule has 256 valence electrons. The summed E-state index contributed by atoms with van der Waals surface area (Å²) >= 11 is 0. The van der Waals surface area contributed by atoms with Gasteiger partial charge in [0.05, 0.1) is 5.69 Å². The molecule has 0 bridgehead atoms. The monoisotopic (exact) mass is 689 g/mol. The first-order valence-electron chi connectivity index (χ1n) is 18.8. The molecule has 0 radical (unpaired) electrons. The maximum Gasteiger partial charge on any atom is 0.0546 e. The van der Waals surface area contributed by atoms with Crippen molar-refractivity contribution in [2.75, 3.05) is 4.90 Å². The summed E-state index contributed by atoms with van der Waals surface area (Å²) in [6, 6.07) is 73.6. The molecule has 1 aliphatic rings. The van der Waals surface area contributed by atoms with Crippen molar-refractivity contribution in [3.63, 3.8) is 0 Å². The highest BCUT2D eigenvalue weighted by Gasteiger charge is 2.36. The highest BCUT2D eigenvalue weighted by atomic mass is 15.1. The third-order valence-electron chi connectivity index (χ3n) is 11.4. The van der Waals surface area contributed by atoms with Crippen LogP contribution in [0.2, 0.25) is 0 Å². The van der Waals surface area contributed by atoms with Crippen LogP contribution in [-0.4, -0.2) is 0 Å². The molecule has 0 spiro atoms. The smallest absolute Gasteiger partial charge is 0.0546 e. The van der Waals surface area contributed by atoms with Crippen LogP contribution in [0.15, 0.2) is 200 Å². The SMILES string of the molecule is CC1(C)c2ccccc2-c2ccc(N(c3ccc(-c4ccccc4)cc3)c3cc(-c4ccc5ccccc5c4)ccc3-c3ccc4ccccc4c3)cc21. The minimum atomic E-state index is -0.126. The Bertz CT molecular complexity index is 2850. The van der Waals surface area contributed by atoms with Gasteiger partial charge in [0, 0.05) is 22.4 Å². The fourth-order valence-corrected chi connectivity index (χ4v) is 8.56. The Morgan fingerprint density at radius 2 is 0.815 bits per heavy atom. The van der Waals surface area contributed by atoms with Gasteiger partial charge in [-0.15, -0.1) is 0 Å². The summed E-state index contributed by atoms with van der Waals surface area (Å²) in [4.78, 5) is 2.48. The fraction of sp³-hybridized carbons (Fsp3) is 0.0566. The average Bonchev–Trinajstić information content (AvgIpc) is 3.46. The molecule has 9 aromatic carbocycles. The van der Waals surface area contributed by atoms with Gasteiger partial charge < -0.3 is 4.90 Å². The Balaban J connectivity index is 1.22. The quantitative estimate of drug-likeness (QED) is 0.168. The van der Waals surface area contributed by atoms with Crippen molar-refractivity contribution in [1.82, 2.24) is 0 Å². The summed E-state index contributed by atoms with van der Waals surface area (Å²) in [5.74, 6) is 0. The number of nitrogens with zero attached hydrogens (tertiary/aromatic N) is 1. The number of anilines is 3. The minimum absolute atomic E-state index is 0.126. The van der Waals surface area contributed by atoms with Gasteiger partial charge in [-0.3, -0.25) is 0 Å². The van der Waals surface area contributed by atoms with E-state index in [1.54, 1.807) is 0 Å². The molecule has 10 rings (SSSR count). The Hall–Kier alpha value is -6.70. The van der Waals surface area contributed by atoms with Crippen LogP contribution in [0.25, 0.3) is 66.1 Å². The molecule has 54 heavy (non-hydrogen) atoms. The molecular weight excluding hydrogens is 651 g/mol. The molecule has 0 saturated heterocycles. The van der Waals surface area contributed by atoms with Crippen molar-refractivity contribution >= 4 is 38.6 Å². The van der Waals surface area contributed by atoms with Crippen molar-refractivity contribution in [2.24, 2.45) is 0 Å². The molecule has 1 nitrogen and oxygen atoms in total. The van der Waals surface area contributed by atoms with E-state index in [0.717, 1.165) is 17.1 Å². The lowest BCUT2D eigenvalue weighted by Crippen LogP contribution is -2.17. The fourth-order valence-electron chi connectivity index (χ4n) is 8.56.